The van der Waals surface area contributed by atoms with Gasteiger partial charge in [-0.15, -0.1) is 0 Å². The quantitative estimate of drug-likeness (QED) is 0.836. The van der Waals surface area contributed by atoms with E-state index < -0.39 is 5.60 Å². The molecule has 3 rings (SSSR count). The van der Waals surface area contributed by atoms with Crippen LogP contribution in [0.4, 0.5) is 11.4 Å². The van der Waals surface area contributed by atoms with Crippen molar-refractivity contribution in [3.63, 3.8) is 0 Å². The summed E-state index contributed by atoms with van der Waals surface area (Å²) in [6.45, 7) is 0.653. The predicted molar refractivity (Wildman–Crippen MR) is 80.3 cm³/mol. The zero-order valence-electron chi connectivity index (χ0n) is 11.6. The van der Waals surface area contributed by atoms with Gasteiger partial charge in [-0.25, -0.2) is 0 Å². The molecule has 0 atom stereocenters. The lowest BCUT2D eigenvalue weighted by atomic mass is 9.78. The number of hydrogen-bond donors (Lipinski definition) is 2. The number of fused-ring (bicyclic) bond motifs is 2. The van der Waals surface area contributed by atoms with E-state index in [2.05, 4.69) is 5.32 Å². The second-order valence-corrected chi connectivity index (χ2v) is 5.17. The number of aliphatic hydroxyl groups is 1. The number of benzene rings is 2. The number of para-hydroxylation sites is 2. The third kappa shape index (κ3) is 2.09. The van der Waals surface area contributed by atoms with Gasteiger partial charge in [0.15, 0.2) is 0 Å². The molecule has 2 N–H and O–H groups in total. The molecule has 0 amide bonds. The van der Waals surface area contributed by atoms with E-state index in [9.17, 15) is 5.11 Å². The molecule has 2 aromatic carbocycles. The van der Waals surface area contributed by atoms with E-state index in [-0.39, 0.29) is 0 Å². The Morgan fingerprint density at radius 3 is 2.10 bits per heavy atom. The fraction of sp³-hybridized carbons (Fsp3) is 0.294. The summed E-state index contributed by atoms with van der Waals surface area (Å²) >= 11 is 0. The molecule has 3 heteroatoms. The average Bonchev–Trinajstić information content (AvgIpc) is 2.48. The van der Waals surface area contributed by atoms with Crippen molar-refractivity contribution in [2.24, 2.45) is 0 Å². The first kappa shape index (κ1) is 13.2. The van der Waals surface area contributed by atoms with Crippen LogP contribution in [-0.4, -0.2) is 18.8 Å². The van der Waals surface area contributed by atoms with Gasteiger partial charge in [-0.3, -0.25) is 0 Å². The van der Waals surface area contributed by atoms with Gasteiger partial charge in [0.1, 0.15) is 5.60 Å². The van der Waals surface area contributed by atoms with Crippen LogP contribution in [0.5, 0.6) is 0 Å². The third-order valence-corrected chi connectivity index (χ3v) is 3.90. The SMILES string of the molecule is COCCCC1(O)c2ccccc2Nc2ccccc21. The fourth-order valence-corrected chi connectivity index (χ4v) is 2.94. The van der Waals surface area contributed by atoms with Gasteiger partial charge < -0.3 is 15.2 Å². The first-order chi connectivity index (χ1) is 9.75. The molecule has 0 bridgehead atoms. The second kappa shape index (κ2) is 5.27. The van der Waals surface area contributed by atoms with Crippen LogP contribution >= 0.6 is 0 Å². The molecule has 20 heavy (non-hydrogen) atoms. The minimum Gasteiger partial charge on any atom is -0.385 e. The first-order valence-corrected chi connectivity index (χ1v) is 6.93. The number of rotatable bonds is 4. The van der Waals surface area contributed by atoms with Gasteiger partial charge in [-0.05, 0) is 25.0 Å². The van der Waals surface area contributed by atoms with Crippen molar-refractivity contribution in [1.82, 2.24) is 0 Å². The Balaban J connectivity index is 2.07. The highest BCUT2D eigenvalue weighted by Gasteiger charge is 2.38. The van der Waals surface area contributed by atoms with Gasteiger partial charge in [0, 0.05) is 36.2 Å². The zero-order chi connectivity index (χ0) is 14.0. The summed E-state index contributed by atoms with van der Waals surface area (Å²) in [5.41, 5.74) is 2.89. The maximum Gasteiger partial charge on any atom is 0.119 e. The number of nitrogens with one attached hydrogen (secondary N) is 1. The molecular weight excluding hydrogens is 250 g/mol. The van der Waals surface area contributed by atoms with Crippen molar-refractivity contribution in [1.29, 1.82) is 0 Å². The smallest absolute Gasteiger partial charge is 0.119 e. The van der Waals surface area contributed by atoms with Crippen LogP contribution in [0.3, 0.4) is 0 Å². The number of hydrogen-bond acceptors (Lipinski definition) is 3. The van der Waals surface area contributed by atoms with Gasteiger partial charge in [0.2, 0.25) is 0 Å². The standard InChI is InChI=1S/C17H19NO2/c1-20-12-6-11-17(19)13-7-2-4-9-15(13)18-16-10-5-3-8-14(16)17/h2-5,7-10,18-19H,6,11-12H2,1H3. The molecule has 0 unspecified atom stereocenters. The molecule has 1 aliphatic heterocycles. The Hall–Kier alpha value is -1.84. The van der Waals surface area contributed by atoms with Crippen LogP contribution in [-0.2, 0) is 10.3 Å². The Morgan fingerprint density at radius 1 is 1.00 bits per heavy atom. The van der Waals surface area contributed by atoms with Crippen molar-refractivity contribution in [2.75, 3.05) is 19.0 Å². The van der Waals surface area contributed by atoms with E-state index in [0.29, 0.717) is 13.0 Å². The van der Waals surface area contributed by atoms with Gasteiger partial charge in [-0.1, -0.05) is 36.4 Å². The van der Waals surface area contributed by atoms with Gasteiger partial charge >= 0.3 is 0 Å². The highest BCUT2D eigenvalue weighted by atomic mass is 16.5. The number of methoxy groups -OCH3 is 1. The van der Waals surface area contributed by atoms with E-state index in [4.69, 9.17) is 4.74 Å². The molecule has 0 saturated heterocycles. The van der Waals surface area contributed by atoms with E-state index in [1.807, 2.05) is 48.5 Å². The Morgan fingerprint density at radius 2 is 1.55 bits per heavy atom. The van der Waals surface area contributed by atoms with Crippen LogP contribution in [0, 0.1) is 0 Å². The molecule has 0 aliphatic carbocycles. The normalized spacial score (nSPS) is 15.1. The molecule has 0 radical (unpaired) electrons. The summed E-state index contributed by atoms with van der Waals surface area (Å²) in [5, 5.41) is 14.7. The van der Waals surface area contributed by atoms with Gasteiger partial charge in [-0.2, -0.15) is 0 Å². The fourth-order valence-electron chi connectivity index (χ4n) is 2.94. The first-order valence-electron chi connectivity index (χ1n) is 6.93. The van der Waals surface area contributed by atoms with Crippen LogP contribution in [0.25, 0.3) is 0 Å². The van der Waals surface area contributed by atoms with Gasteiger partial charge in [0.05, 0.1) is 0 Å². The highest BCUT2D eigenvalue weighted by Crippen LogP contribution is 2.46. The monoisotopic (exact) mass is 269 g/mol. The topological polar surface area (TPSA) is 41.5 Å². The largest absolute Gasteiger partial charge is 0.385 e. The summed E-state index contributed by atoms with van der Waals surface area (Å²) in [6.07, 6.45) is 1.46. The maximum absolute atomic E-state index is 11.3. The lowest BCUT2D eigenvalue weighted by Gasteiger charge is -2.37. The molecule has 104 valence electrons. The molecule has 3 nitrogen and oxygen atoms in total. The second-order valence-electron chi connectivity index (χ2n) is 5.17. The van der Waals surface area contributed by atoms with Gasteiger partial charge in [0.25, 0.3) is 0 Å². The lowest BCUT2D eigenvalue weighted by molar-refractivity contribution is 0.0587. The summed E-state index contributed by atoms with van der Waals surface area (Å²) in [7, 11) is 1.69. The van der Waals surface area contributed by atoms with Crippen molar-refractivity contribution in [3.8, 4) is 0 Å². The molecule has 2 aromatic rings. The summed E-state index contributed by atoms with van der Waals surface area (Å²) < 4.78 is 5.13. The van der Waals surface area contributed by atoms with E-state index >= 15 is 0 Å². The molecule has 0 saturated carbocycles. The minimum absolute atomic E-state index is 0.649. The summed E-state index contributed by atoms with van der Waals surface area (Å²) in [4.78, 5) is 0. The Kier molecular flexibility index (Phi) is 3.47. The number of anilines is 2. The molecule has 1 heterocycles. The Labute approximate surface area is 119 Å². The van der Waals surface area contributed by atoms with Crippen LogP contribution < -0.4 is 5.32 Å². The van der Waals surface area contributed by atoms with E-state index in [0.717, 1.165) is 28.9 Å². The predicted octanol–water partition coefficient (Wildman–Crippen LogP) is 3.41. The molecule has 0 aromatic heterocycles. The molecule has 1 aliphatic rings. The lowest BCUT2D eigenvalue weighted by Crippen LogP contribution is -2.32. The van der Waals surface area contributed by atoms with Crippen LogP contribution in [0.15, 0.2) is 48.5 Å². The number of ether oxygens (including phenoxy) is 1. The average molecular weight is 269 g/mol. The molecule has 0 fully saturated rings. The van der Waals surface area contributed by atoms with Crippen molar-refractivity contribution in [3.05, 3.63) is 59.7 Å². The molecule has 0 spiro atoms. The maximum atomic E-state index is 11.3. The van der Waals surface area contributed by atoms with E-state index in [1.165, 1.54) is 0 Å². The highest BCUT2D eigenvalue weighted by molar-refractivity contribution is 5.74. The molecular formula is C17H19NO2. The summed E-state index contributed by atoms with van der Waals surface area (Å²) in [5.74, 6) is 0. The summed E-state index contributed by atoms with van der Waals surface area (Å²) in [6, 6.07) is 15.9. The van der Waals surface area contributed by atoms with Crippen molar-refractivity contribution >= 4 is 11.4 Å². The van der Waals surface area contributed by atoms with Crippen LogP contribution in [0.2, 0.25) is 0 Å². The minimum atomic E-state index is -0.947. The van der Waals surface area contributed by atoms with Crippen molar-refractivity contribution < 1.29 is 9.84 Å². The Bertz CT molecular complexity index is 564. The van der Waals surface area contributed by atoms with Crippen molar-refractivity contribution in [2.45, 2.75) is 18.4 Å². The van der Waals surface area contributed by atoms with E-state index in [1.54, 1.807) is 7.11 Å². The van der Waals surface area contributed by atoms with Crippen LogP contribution in [0.1, 0.15) is 24.0 Å². The zero-order valence-corrected chi connectivity index (χ0v) is 11.6. The third-order valence-electron chi connectivity index (χ3n) is 3.90.